The van der Waals surface area contributed by atoms with Crippen molar-refractivity contribution in [3.8, 4) is 17.1 Å². The number of carbonyl (C=O) groups is 1. The molecule has 1 amide bonds. The van der Waals surface area contributed by atoms with Gasteiger partial charge in [0.2, 0.25) is 0 Å². The second kappa shape index (κ2) is 7.63. The first kappa shape index (κ1) is 18.5. The van der Waals surface area contributed by atoms with Gasteiger partial charge in [-0.15, -0.1) is 0 Å². The lowest BCUT2D eigenvalue weighted by atomic mass is 10.1. The zero-order valence-corrected chi connectivity index (χ0v) is 15.1. The normalized spacial score (nSPS) is 11.0. The number of fused-ring (bicyclic) bond motifs is 1. The van der Waals surface area contributed by atoms with E-state index in [1.807, 2.05) is 6.07 Å². The second-order valence-electron chi connectivity index (χ2n) is 6.09. The van der Waals surface area contributed by atoms with Crippen LogP contribution in [0.2, 0.25) is 0 Å². The van der Waals surface area contributed by atoms with Crippen molar-refractivity contribution in [3.05, 3.63) is 66.4 Å². The number of hydrogen-bond acceptors (Lipinski definition) is 6. The van der Waals surface area contributed by atoms with Crippen molar-refractivity contribution in [2.75, 3.05) is 5.32 Å². The molecular weight excluding hydrogens is 382 g/mol. The number of carbonyl (C=O) groups excluding carboxylic acids is 1. The second-order valence-corrected chi connectivity index (χ2v) is 6.09. The number of pyridine rings is 2. The van der Waals surface area contributed by atoms with Crippen LogP contribution in [0.4, 0.5) is 14.6 Å². The summed E-state index contributed by atoms with van der Waals surface area (Å²) in [5, 5.41) is 3.42. The Morgan fingerprint density at radius 2 is 1.86 bits per heavy atom. The molecule has 3 aromatic heterocycles. The number of rotatable bonds is 5. The fourth-order valence-corrected chi connectivity index (χ4v) is 2.71. The summed E-state index contributed by atoms with van der Waals surface area (Å²) in [5.74, 6) is 0.998. The molecule has 29 heavy (non-hydrogen) atoms. The first-order valence-corrected chi connectivity index (χ1v) is 8.53. The van der Waals surface area contributed by atoms with Crippen molar-refractivity contribution in [1.29, 1.82) is 0 Å². The molecule has 0 spiro atoms. The summed E-state index contributed by atoms with van der Waals surface area (Å²) < 4.78 is 34.2. The maximum Gasteiger partial charge on any atom is 0.387 e. The number of benzene rings is 1. The maximum absolute atomic E-state index is 12.4. The summed E-state index contributed by atoms with van der Waals surface area (Å²) in [5.41, 5.74) is 1.67. The van der Waals surface area contributed by atoms with Crippen LogP contribution in [0.15, 0.2) is 59.4 Å². The largest absolute Gasteiger partial charge is 0.441 e. The Morgan fingerprint density at radius 3 is 2.55 bits per heavy atom. The molecule has 0 fully saturated rings. The van der Waals surface area contributed by atoms with Crippen LogP contribution in [0.25, 0.3) is 22.2 Å². The maximum atomic E-state index is 12.4. The lowest BCUT2D eigenvalue weighted by Crippen LogP contribution is -2.13. The van der Waals surface area contributed by atoms with Crippen LogP contribution in [0.3, 0.4) is 0 Å². The topological polar surface area (TPSA) is 90.1 Å². The van der Waals surface area contributed by atoms with E-state index in [0.717, 1.165) is 10.9 Å². The number of anilines is 1. The molecule has 0 unspecified atom stereocenters. The van der Waals surface area contributed by atoms with Crippen LogP contribution in [-0.4, -0.2) is 27.5 Å². The molecule has 4 aromatic rings. The van der Waals surface area contributed by atoms with E-state index in [0.29, 0.717) is 23.0 Å². The molecule has 0 atom stereocenters. The Labute approximate surface area is 163 Å². The lowest BCUT2D eigenvalue weighted by molar-refractivity contribution is -0.0498. The zero-order valence-electron chi connectivity index (χ0n) is 15.1. The molecule has 4 rings (SSSR count). The molecule has 146 valence electrons. The minimum Gasteiger partial charge on any atom is -0.441 e. The van der Waals surface area contributed by atoms with Gasteiger partial charge in [0.15, 0.2) is 11.7 Å². The van der Waals surface area contributed by atoms with Crippen molar-refractivity contribution in [2.45, 2.75) is 13.5 Å². The Hall–Kier alpha value is -3.88. The van der Waals surface area contributed by atoms with E-state index in [1.165, 1.54) is 24.3 Å². The van der Waals surface area contributed by atoms with E-state index in [2.05, 4.69) is 25.0 Å². The lowest BCUT2D eigenvalue weighted by Gasteiger charge is -2.08. The van der Waals surface area contributed by atoms with Crippen LogP contribution < -0.4 is 10.1 Å². The first-order valence-electron chi connectivity index (χ1n) is 8.53. The van der Waals surface area contributed by atoms with E-state index >= 15 is 0 Å². The van der Waals surface area contributed by atoms with Gasteiger partial charge in [-0.1, -0.05) is 0 Å². The highest BCUT2D eigenvalue weighted by Gasteiger charge is 2.11. The number of hydrogen-bond donors (Lipinski definition) is 1. The third-order valence-electron chi connectivity index (χ3n) is 4.06. The summed E-state index contributed by atoms with van der Waals surface area (Å²) in [4.78, 5) is 25.0. The Bertz CT molecular complexity index is 1180. The molecule has 0 saturated heterocycles. The number of nitrogens with one attached hydrogen (secondary N) is 1. The number of nitrogens with zero attached hydrogens (tertiary/aromatic N) is 3. The van der Waals surface area contributed by atoms with Gasteiger partial charge in [-0.05, 0) is 36.4 Å². The van der Waals surface area contributed by atoms with Gasteiger partial charge in [0, 0.05) is 29.6 Å². The minimum absolute atomic E-state index is 0.0263. The Morgan fingerprint density at radius 1 is 1.07 bits per heavy atom. The molecule has 3 heterocycles. The molecular formula is C20H14F2N4O3. The van der Waals surface area contributed by atoms with E-state index in [4.69, 9.17) is 4.42 Å². The van der Waals surface area contributed by atoms with Gasteiger partial charge in [-0.3, -0.25) is 9.78 Å². The summed E-state index contributed by atoms with van der Waals surface area (Å²) in [6.07, 6.45) is 4.81. The fourth-order valence-electron chi connectivity index (χ4n) is 2.71. The van der Waals surface area contributed by atoms with Crippen LogP contribution in [-0.2, 0) is 0 Å². The van der Waals surface area contributed by atoms with Crippen molar-refractivity contribution in [3.63, 3.8) is 0 Å². The molecule has 1 N–H and O–H groups in total. The molecule has 0 bridgehead atoms. The van der Waals surface area contributed by atoms with E-state index in [-0.39, 0.29) is 11.3 Å². The first-order chi connectivity index (χ1) is 14.0. The summed E-state index contributed by atoms with van der Waals surface area (Å²) in [6, 6.07) is 8.91. The summed E-state index contributed by atoms with van der Waals surface area (Å²) in [6.45, 7) is -1.17. The van der Waals surface area contributed by atoms with Crippen molar-refractivity contribution < 1.29 is 22.7 Å². The third kappa shape index (κ3) is 4.18. The molecule has 0 aliphatic rings. The Balaban J connectivity index is 1.55. The van der Waals surface area contributed by atoms with E-state index in [9.17, 15) is 13.6 Å². The SMILES string of the molecule is Cc1ncc(-c2cnc3cnc(NC(=O)c4ccc(OC(F)F)cc4)cc3c2)o1. The van der Waals surface area contributed by atoms with E-state index in [1.54, 1.807) is 31.6 Å². The van der Waals surface area contributed by atoms with Crippen molar-refractivity contribution >= 4 is 22.6 Å². The predicted octanol–water partition coefficient (Wildman–Crippen LogP) is 4.45. The highest BCUT2D eigenvalue weighted by atomic mass is 19.3. The number of amides is 1. The number of alkyl halides is 2. The predicted molar refractivity (Wildman–Crippen MR) is 101 cm³/mol. The molecule has 0 saturated carbocycles. The van der Waals surface area contributed by atoms with Gasteiger partial charge in [0.05, 0.1) is 17.9 Å². The van der Waals surface area contributed by atoms with Crippen LogP contribution in [0.5, 0.6) is 5.75 Å². The average molecular weight is 396 g/mol. The van der Waals surface area contributed by atoms with Gasteiger partial charge >= 0.3 is 6.61 Å². The molecule has 9 heteroatoms. The molecule has 0 radical (unpaired) electrons. The molecule has 7 nitrogen and oxygen atoms in total. The zero-order chi connectivity index (χ0) is 20.4. The summed E-state index contributed by atoms with van der Waals surface area (Å²) >= 11 is 0. The molecule has 0 aliphatic carbocycles. The van der Waals surface area contributed by atoms with Gasteiger partial charge < -0.3 is 14.5 Å². The standard InChI is InChI=1S/C20H14F2N4O3/c1-11-23-10-17(28-11)14-6-13-7-18(25-9-16(13)24-8-14)26-19(27)12-2-4-15(5-3-12)29-20(21)22/h2-10,20H,1H3,(H,25,26,27). The minimum atomic E-state index is -2.92. The number of ether oxygens (including phenoxy) is 1. The molecule has 0 aliphatic heterocycles. The van der Waals surface area contributed by atoms with Gasteiger partial charge in [-0.25, -0.2) is 9.97 Å². The summed E-state index contributed by atoms with van der Waals surface area (Å²) in [7, 11) is 0. The molecule has 1 aromatic carbocycles. The van der Waals surface area contributed by atoms with Gasteiger partial charge in [-0.2, -0.15) is 8.78 Å². The van der Waals surface area contributed by atoms with Crippen LogP contribution in [0, 0.1) is 6.92 Å². The van der Waals surface area contributed by atoms with Crippen molar-refractivity contribution in [2.24, 2.45) is 0 Å². The number of oxazole rings is 1. The number of aryl methyl sites for hydroxylation is 1. The average Bonchev–Trinajstić information content (AvgIpc) is 3.14. The Kier molecular flexibility index (Phi) is 4.86. The van der Waals surface area contributed by atoms with Crippen LogP contribution >= 0.6 is 0 Å². The number of halogens is 2. The third-order valence-corrected chi connectivity index (χ3v) is 4.06. The van der Waals surface area contributed by atoms with Crippen molar-refractivity contribution in [1.82, 2.24) is 15.0 Å². The monoisotopic (exact) mass is 396 g/mol. The fraction of sp³-hybridized carbons (Fsp3) is 0.100. The smallest absolute Gasteiger partial charge is 0.387 e. The van der Waals surface area contributed by atoms with Crippen LogP contribution in [0.1, 0.15) is 16.2 Å². The highest BCUT2D eigenvalue weighted by molar-refractivity contribution is 6.04. The van der Waals surface area contributed by atoms with E-state index < -0.39 is 12.5 Å². The highest BCUT2D eigenvalue weighted by Crippen LogP contribution is 2.24. The quantitative estimate of drug-likeness (QED) is 0.536. The van der Waals surface area contributed by atoms with Gasteiger partial charge in [0.1, 0.15) is 11.6 Å². The van der Waals surface area contributed by atoms with Gasteiger partial charge in [0.25, 0.3) is 5.91 Å². The number of aromatic nitrogens is 3.